The van der Waals surface area contributed by atoms with Crippen LogP contribution in [0.5, 0.6) is 0 Å². The van der Waals surface area contributed by atoms with Gasteiger partial charge in [-0.15, -0.1) is 0 Å². The molecule has 0 aliphatic carbocycles. The van der Waals surface area contributed by atoms with Crippen LogP contribution in [0.3, 0.4) is 0 Å². The average Bonchev–Trinajstić information content (AvgIpc) is 2.59. The maximum Gasteiger partial charge on any atom is 0.191 e. The summed E-state index contributed by atoms with van der Waals surface area (Å²) < 4.78 is 26.9. The van der Waals surface area contributed by atoms with Crippen LogP contribution >= 0.6 is 0 Å². The summed E-state index contributed by atoms with van der Waals surface area (Å²) in [5, 5.41) is 6.35. The van der Waals surface area contributed by atoms with Gasteiger partial charge in [0.1, 0.15) is 11.6 Å². The Morgan fingerprint density at radius 2 is 1.68 bits per heavy atom. The molecule has 4 nitrogen and oxygen atoms in total. The van der Waals surface area contributed by atoms with Crippen molar-refractivity contribution in [2.75, 3.05) is 32.6 Å². The molecule has 0 saturated carbocycles. The molecule has 2 aromatic carbocycles. The van der Waals surface area contributed by atoms with Crippen LogP contribution < -0.4 is 15.5 Å². The minimum Gasteiger partial charge on any atom is -0.375 e. The summed E-state index contributed by atoms with van der Waals surface area (Å²) >= 11 is 0. The molecular formula is C19H24F2N4. The monoisotopic (exact) mass is 346 g/mol. The summed E-state index contributed by atoms with van der Waals surface area (Å²) in [5.74, 6) is 0.157. The number of nitrogens with zero attached hydrogens (tertiary/aromatic N) is 2. The lowest BCUT2D eigenvalue weighted by Crippen LogP contribution is -2.37. The van der Waals surface area contributed by atoms with Crippen LogP contribution in [0.25, 0.3) is 0 Å². The van der Waals surface area contributed by atoms with Crippen LogP contribution in [-0.2, 0) is 13.0 Å². The Kier molecular flexibility index (Phi) is 6.74. The van der Waals surface area contributed by atoms with E-state index < -0.39 is 0 Å². The van der Waals surface area contributed by atoms with Gasteiger partial charge < -0.3 is 15.5 Å². The molecule has 2 aromatic rings. The average molecular weight is 346 g/mol. The van der Waals surface area contributed by atoms with Gasteiger partial charge in [0.2, 0.25) is 0 Å². The zero-order chi connectivity index (χ0) is 18.2. The van der Waals surface area contributed by atoms with Gasteiger partial charge in [0.15, 0.2) is 5.96 Å². The molecule has 0 spiro atoms. The third-order valence-electron chi connectivity index (χ3n) is 3.80. The van der Waals surface area contributed by atoms with Gasteiger partial charge in [-0.25, -0.2) is 8.78 Å². The van der Waals surface area contributed by atoms with Crippen LogP contribution in [0.15, 0.2) is 47.5 Å². The van der Waals surface area contributed by atoms with E-state index >= 15 is 0 Å². The highest BCUT2D eigenvalue weighted by Crippen LogP contribution is 2.18. The maximum atomic E-state index is 14.0. The quantitative estimate of drug-likeness (QED) is 0.624. The number of guanidine groups is 1. The molecule has 0 unspecified atom stereocenters. The van der Waals surface area contributed by atoms with Crippen molar-refractivity contribution in [2.24, 2.45) is 4.99 Å². The zero-order valence-corrected chi connectivity index (χ0v) is 14.8. The predicted molar refractivity (Wildman–Crippen MR) is 99.0 cm³/mol. The Hall–Kier alpha value is -2.63. The Bertz CT molecular complexity index is 712. The Balaban J connectivity index is 1.82. The second-order valence-corrected chi connectivity index (χ2v) is 5.91. The summed E-state index contributed by atoms with van der Waals surface area (Å²) in [6, 6.07) is 11.6. The first-order valence-electron chi connectivity index (χ1n) is 8.14. The molecule has 0 heterocycles. The normalized spacial score (nSPS) is 11.3. The molecule has 0 bridgehead atoms. The second-order valence-electron chi connectivity index (χ2n) is 5.91. The highest BCUT2D eigenvalue weighted by atomic mass is 19.1. The molecule has 6 heteroatoms. The third kappa shape index (κ3) is 5.74. The first-order chi connectivity index (χ1) is 12.0. The number of rotatable bonds is 6. The van der Waals surface area contributed by atoms with Gasteiger partial charge in [0.05, 0.1) is 5.69 Å². The van der Waals surface area contributed by atoms with E-state index in [-0.39, 0.29) is 11.6 Å². The van der Waals surface area contributed by atoms with Crippen molar-refractivity contribution in [1.29, 1.82) is 0 Å². The molecule has 0 radical (unpaired) electrons. The van der Waals surface area contributed by atoms with Gasteiger partial charge in [-0.2, -0.15) is 0 Å². The van der Waals surface area contributed by atoms with Crippen molar-refractivity contribution < 1.29 is 8.78 Å². The predicted octanol–water partition coefficient (Wildman–Crippen LogP) is 2.94. The van der Waals surface area contributed by atoms with Gasteiger partial charge in [-0.05, 0) is 41.8 Å². The van der Waals surface area contributed by atoms with Crippen molar-refractivity contribution in [3.63, 3.8) is 0 Å². The first kappa shape index (κ1) is 18.7. The number of hydrogen-bond acceptors (Lipinski definition) is 2. The van der Waals surface area contributed by atoms with Gasteiger partial charge in [0, 0.05) is 34.2 Å². The highest BCUT2D eigenvalue weighted by molar-refractivity contribution is 5.79. The second kappa shape index (κ2) is 9.01. The van der Waals surface area contributed by atoms with Crippen molar-refractivity contribution >= 4 is 11.6 Å². The lowest BCUT2D eigenvalue weighted by atomic mass is 10.1. The summed E-state index contributed by atoms with van der Waals surface area (Å²) in [6.07, 6.45) is 0.757. The lowest BCUT2D eigenvalue weighted by molar-refractivity contribution is 0.623. The van der Waals surface area contributed by atoms with Crippen molar-refractivity contribution in [2.45, 2.75) is 13.0 Å². The Morgan fingerprint density at radius 3 is 2.28 bits per heavy atom. The number of halogens is 2. The molecule has 0 atom stereocenters. The molecule has 0 amide bonds. The van der Waals surface area contributed by atoms with Crippen LogP contribution in [0.1, 0.15) is 11.1 Å². The number of anilines is 1. The summed E-state index contributed by atoms with van der Waals surface area (Å²) in [7, 11) is 5.30. The lowest BCUT2D eigenvalue weighted by Gasteiger charge is -2.15. The summed E-state index contributed by atoms with van der Waals surface area (Å²) in [4.78, 5) is 5.89. The smallest absolute Gasteiger partial charge is 0.191 e. The first-order valence-corrected chi connectivity index (χ1v) is 8.14. The van der Waals surface area contributed by atoms with E-state index in [4.69, 9.17) is 0 Å². The third-order valence-corrected chi connectivity index (χ3v) is 3.80. The van der Waals surface area contributed by atoms with Crippen LogP contribution in [0.2, 0.25) is 0 Å². The molecule has 0 saturated heterocycles. The minimum atomic E-state index is -0.247. The largest absolute Gasteiger partial charge is 0.375 e. The van der Waals surface area contributed by atoms with Crippen molar-refractivity contribution in [3.05, 3.63) is 65.2 Å². The fraction of sp³-hybridized carbons (Fsp3) is 0.316. The molecule has 134 valence electrons. The van der Waals surface area contributed by atoms with Gasteiger partial charge >= 0.3 is 0 Å². The van der Waals surface area contributed by atoms with E-state index in [1.807, 2.05) is 20.2 Å². The molecule has 0 aliphatic rings. The topological polar surface area (TPSA) is 39.7 Å². The molecule has 2 rings (SSSR count). The minimum absolute atomic E-state index is 0.235. The maximum absolute atomic E-state index is 14.0. The standard InChI is InChI=1S/C19H24F2N4/c1-22-19(23-11-10-14-4-7-16(20)8-5-14)24-13-15-6-9-18(25(2)3)17(21)12-15/h4-9,12H,10-11,13H2,1-3H3,(H2,22,23,24). The van der Waals surface area contributed by atoms with E-state index in [1.165, 1.54) is 18.2 Å². The molecule has 0 fully saturated rings. The summed E-state index contributed by atoms with van der Waals surface area (Å²) in [6.45, 7) is 1.14. The van der Waals surface area contributed by atoms with E-state index in [9.17, 15) is 8.78 Å². The fourth-order valence-corrected chi connectivity index (χ4v) is 2.41. The SMILES string of the molecule is CN=C(NCCc1ccc(F)cc1)NCc1ccc(N(C)C)c(F)c1. The van der Waals surface area contributed by atoms with Crippen molar-refractivity contribution in [3.8, 4) is 0 Å². The number of benzene rings is 2. The van der Waals surface area contributed by atoms with E-state index in [0.29, 0.717) is 24.7 Å². The fourth-order valence-electron chi connectivity index (χ4n) is 2.41. The number of aliphatic imine (C=N–C) groups is 1. The van der Waals surface area contributed by atoms with Gasteiger partial charge in [-0.3, -0.25) is 4.99 Å². The molecular weight excluding hydrogens is 322 g/mol. The molecule has 0 aliphatic heterocycles. The number of hydrogen-bond donors (Lipinski definition) is 2. The van der Waals surface area contributed by atoms with E-state index in [0.717, 1.165) is 17.5 Å². The van der Waals surface area contributed by atoms with E-state index in [2.05, 4.69) is 15.6 Å². The van der Waals surface area contributed by atoms with Gasteiger partial charge in [0.25, 0.3) is 0 Å². The Labute approximate surface area is 147 Å². The van der Waals surface area contributed by atoms with E-state index in [1.54, 1.807) is 30.1 Å². The Morgan fingerprint density at radius 1 is 1.00 bits per heavy atom. The summed E-state index contributed by atoms with van der Waals surface area (Å²) in [5.41, 5.74) is 2.45. The van der Waals surface area contributed by atoms with Crippen LogP contribution in [0.4, 0.5) is 14.5 Å². The number of nitrogens with one attached hydrogen (secondary N) is 2. The van der Waals surface area contributed by atoms with Crippen LogP contribution in [0, 0.1) is 11.6 Å². The van der Waals surface area contributed by atoms with Crippen molar-refractivity contribution in [1.82, 2.24) is 10.6 Å². The van der Waals surface area contributed by atoms with Crippen LogP contribution in [-0.4, -0.2) is 33.6 Å². The molecule has 25 heavy (non-hydrogen) atoms. The highest BCUT2D eigenvalue weighted by Gasteiger charge is 2.06. The molecule has 2 N–H and O–H groups in total. The molecule has 0 aromatic heterocycles. The van der Waals surface area contributed by atoms with Gasteiger partial charge in [-0.1, -0.05) is 18.2 Å². The zero-order valence-electron chi connectivity index (χ0n) is 14.8.